The van der Waals surface area contributed by atoms with E-state index in [1.807, 2.05) is 0 Å². The van der Waals surface area contributed by atoms with Gasteiger partial charge in [-0.15, -0.1) is 0 Å². The van der Waals surface area contributed by atoms with E-state index in [1.54, 1.807) is 13.8 Å². The summed E-state index contributed by atoms with van der Waals surface area (Å²) < 4.78 is 0. The third-order valence-corrected chi connectivity index (χ3v) is 1.46. The predicted molar refractivity (Wildman–Crippen MR) is 45.7 cm³/mol. The molecule has 0 amide bonds. The maximum Gasteiger partial charge on any atom is 0.438 e. The molecular formula is C6H11N5O3. The minimum Gasteiger partial charge on any atom is -0.409 e. The summed E-state index contributed by atoms with van der Waals surface area (Å²) in [5.74, 6) is -0.455. The predicted octanol–water partition coefficient (Wildman–Crippen LogP) is -0.324. The van der Waals surface area contributed by atoms with Gasteiger partial charge in [0.2, 0.25) is 0 Å². The molecule has 8 heteroatoms. The van der Waals surface area contributed by atoms with E-state index < -0.39 is 10.7 Å². The molecule has 1 aromatic rings. The number of aromatic nitrogens is 3. The van der Waals surface area contributed by atoms with Gasteiger partial charge in [0.25, 0.3) is 5.49 Å². The highest BCUT2D eigenvalue weighted by Gasteiger charge is 2.20. The molecule has 1 aromatic heterocycles. The molecule has 0 saturated heterocycles. The first kappa shape index (κ1) is 10.2. The van der Waals surface area contributed by atoms with E-state index in [2.05, 4.69) is 10.1 Å². The van der Waals surface area contributed by atoms with Gasteiger partial charge in [0.05, 0.1) is 12.1 Å². The molecule has 0 aromatic carbocycles. The maximum absolute atomic E-state index is 10.5. The molecule has 0 bridgehead atoms. The number of nitro groups is 1. The van der Waals surface area contributed by atoms with Crippen molar-refractivity contribution in [1.82, 2.24) is 14.7 Å². The molecule has 0 atom stereocenters. The van der Waals surface area contributed by atoms with Crippen LogP contribution in [0.3, 0.4) is 0 Å². The Bertz CT molecular complexity index is 416. The molecule has 0 aliphatic heterocycles. The summed E-state index contributed by atoms with van der Waals surface area (Å²) in [6, 6.07) is -0.156. The Balaban J connectivity index is 3.46. The van der Waals surface area contributed by atoms with Crippen LogP contribution in [0.15, 0.2) is 4.99 Å². The highest BCUT2D eigenvalue weighted by atomic mass is 16.6. The molecule has 0 saturated carbocycles. The van der Waals surface area contributed by atoms with Crippen molar-refractivity contribution in [3.63, 3.8) is 0 Å². The average molecular weight is 201 g/mol. The van der Waals surface area contributed by atoms with Crippen LogP contribution >= 0.6 is 0 Å². The second-order valence-electron chi connectivity index (χ2n) is 3.01. The molecule has 0 radical (unpaired) electrons. The van der Waals surface area contributed by atoms with E-state index in [-0.39, 0.29) is 11.5 Å². The molecule has 0 unspecified atom stereocenters. The molecule has 1 rings (SSSR count). The van der Waals surface area contributed by atoms with E-state index >= 15 is 0 Å². The Morgan fingerprint density at radius 2 is 2.21 bits per heavy atom. The largest absolute Gasteiger partial charge is 0.438 e. The van der Waals surface area contributed by atoms with Crippen LogP contribution in [0.5, 0.6) is 0 Å². The molecule has 0 aliphatic rings. The van der Waals surface area contributed by atoms with E-state index in [1.165, 1.54) is 7.05 Å². The Morgan fingerprint density at radius 3 is 2.64 bits per heavy atom. The minimum atomic E-state index is -0.687. The van der Waals surface area contributed by atoms with Crippen molar-refractivity contribution >= 4 is 5.82 Å². The molecule has 14 heavy (non-hydrogen) atoms. The second-order valence-corrected chi connectivity index (χ2v) is 3.01. The van der Waals surface area contributed by atoms with Crippen molar-refractivity contribution in [2.45, 2.75) is 19.9 Å². The second kappa shape index (κ2) is 3.48. The van der Waals surface area contributed by atoms with Crippen molar-refractivity contribution in [3.05, 3.63) is 15.6 Å². The Labute approximate surface area is 79.2 Å². The molecule has 1 heterocycles. The standard InChI is InChI=1S/C6H11N5O3/c1-4(2)7-5-6(11(13)14)8-9(3)10(5)12/h4,12H,1-3H3. The fourth-order valence-corrected chi connectivity index (χ4v) is 0.923. The van der Waals surface area contributed by atoms with Gasteiger partial charge in [0.15, 0.2) is 0 Å². The summed E-state index contributed by atoms with van der Waals surface area (Å²) in [5, 5.41) is 23.3. The molecule has 0 aliphatic carbocycles. The van der Waals surface area contributed by atoms with Crippen LogP contribution in [0, 0.1) is 10.1 Å². The van der Waals surface area contributed by atoms with Crippen molar-refractivity contribution in [2.75, 3.05) is 0 Å². The van der Waals surface area contributed by atoms with Gasteiger partial charge in [0, 0.05) is 6.04 Å². The van der Waals surface area contributed by atoms with Gasteiger partial charge in [0.1, 0.15) is 0 Å². The summed E-state index contributed by atoms with van der Waals surface area (Å²) in [7, 11) is 1.38. The lowest BCUT2D eigenvalue weighted by Crippen LogP contribution is -2.23. The van der Waals surface area contributed by atoms with Crippen LogP contribution < -0.4 is 5.49 Å². The van der Waals surface area contributed by atoms with Crippen LogP contribution in [0.25, 0.3) is 0 Å². The van der Waals surface area contributed by atoms with Crippen LogP contribution in [0.1, 0.15) is 13.8 Å². The maximum atomic E-state index is 10.5. The molecule has 0 spiro atoms. The lowest BCUT2D eigenvalue weighted by atomic mass is 10.4. The van der Waals surface area contributed by atoms with E-state index in [0.29, 0.717) is 4.85 Å². The highest BCUT2D eigenvalue weighted by Crippen LogP contribution is 1.97. The lowest BCUT2D eigenvalue weighted by Gasteiger charge is -1.94. The summed E-state index contributed by atoms with van der Waals surface area (Å²) >= 11 is 0. The summed E-state index contributed by atoms with van der Waals surface area (Å²) in [4.78, 5) is 15.2. The summed E-state index contributed by atoms with van der Waals surface area (Å²) in [6.45, 7) is 3.49. The van der Waals surface area contributed by atoms with Gasteiger partial charge in [-0.25, -0.2) is 0 Å². The van der Waals surface area contributed by atoms with Gasteiger partial charge in [-0.1, -0.05) is 9.64 Å². The van der Waals surface area contributed by atoms with Crippen molar-refractivity contribution < 1.29 is 10.1 Å². The quantitative estimate of drug-likeness (QED) is 0.402. The van der Waals surface area contributed by atoms with Gasteiger partial charge in [-0.3, -0.25) is 4.99 Å². The van der Waals surface area contributed by atoms with E-state index in [9.17, 15) is 15.3 Å². The molecule has 1 N–H and O–H groups in total. The molecule has 8 nitrogen and oxygen atoms in total. The number of hydrogen-bond donors (Lipinski definition) is 1. The van der Waals surface area contributed by atoms with Gasteiger partial charge in [-0.2, -0.15) is 0 Å². The monoisotopic (exact) mass is 201 g/mol. The Morgan fingerprint density at radius 1 is 1.64 bits per heavy atom. The van der Waals surface area contributed by atoms with Gasteiger partial charge < -0.3 is 15.3 Å². The summed E-state index contributed by atoms with van der Waals surface area (Å²) in [6.07, 6.45) is 0. The molecule has 0 fully saturated rings. The van der Waals surface area contributed by atoms with Crippen molar-refractivity contribution in [2.24, 2.45) is 12.0 Å². The first-order valence-corrected chi connectivity index (χ1v) is 3.97. The zero-order valence-corrected chi connectivity index (χ0v) is 8.08. The lowest BCUT2D eigenvalue weighted by molar-refractivity contribution is -0.391. The van der Waals surface area contributed by atoms with Gasteiger partial charge in [-0.05, 0) is 18.8 Å². The smallest absolute Gasteiger partial charge is 0.409 e. The minimum absolute atomic E-state index is 0.146. The first-order valence-electron chi connectivity index (χ1n) is 3.97. The molecular weight excluding hydrogens is 190 g/mol. The van der Waals surface area contributed by atoms with E-state index in [4.69, 9.17) is 0 Å². The number of hydrogen-bond acceptors (Lipinski definition) is 5. The van der Waals surface area contributed by atoms with Crippen LogP contribution in [0.4, 0.5) is 5.82 Å². The zero-order valence-electron chi connectivity index (χ0n) is 8.08. The third kappa shape index (κ3) is 1.73. The number of rotatable bonds is 2. The fourth-order valence-electron chi connectivity index (χ4n) is 0.923. The van der Waals surface area contributed by atoms with Crippen LogP contribution in [-0.2, 0) is 7.05 Å². The SMILES string of the molecule is CC(C)N=c1c([N+](=O)[O-])nn(C)n1O. The third-order valence-electron chi connectivity index (χ3n) is 1.46. The normalized spacial score (nSPS) is 12.4. The zero-order chi connectivity index (χ0) is 10.9. The molecule has 78 valence electrons. The van der Waals surface area contributed by atoms with Crippen LogP contribution in [0.2, 0.25) is 0 Å². The van der Waals surface area contributed by atoms with E-state index in [0.717, 1.165) is 4.80 Å². The first-order chi connectivity index (χ1) is 6.43. The average Bonchev–Trinajstić information content (AvgIpc) is 2.32. The van der Waals surface area contributed by atoms with Crippen molar-refractivity contribution in [3.8, 4) is 0 Å². The topological polar surface area (TPSA) is 98.5 Å². The van der Waals surface area contributed by atoms with Crippen LogP contribution in [-0.4, -0.2) is 30.9 Å². The Hall–Kier alpha value is -1.86. The van der Waals surface area contributed by atoms with Gasteiger partial charge >= 0.3 is 5.82 Å². The Kier molecular flexibility index (Phi) is 2.54. The summed E-state index contributed by atoms with van der Waals surface area (Å²) in [5.41, 5.74) is -0.146. The number of nitrogens with zero attached hydrogens (tertiary/aromatic N) is 5. The van der Waals surface area contributed by atoms with Crippen molar-refractivity contribution in [1.29, 1.82) is 0 Å². The fraction of sp³-hybridized carbons (Fsp3) is 0.667. The highest BCUT2D eigenvalue weighted by molar-refractivity contribution is 5.09. The number of aryl methyl sites for hydroxylation is 1.